The van der Waals surface area contributed by atoms with E-state index in [1.807, 2.05) is 12.9 Å². The van der Waals surface area contributed by atoms with Crippen LogP contribution in [0.4, 0.5) is 11.4 Å². The van der Waals surface area contributed by atoms with E-state index in [-0.39, 0.29) is 13.5 Å². The van der Waals surface area contributed by atoms with Gasteiger partial charge in [0, 0.05) is 11.4 Å². The van der Waals surface area contributed by atoms with Crippen molar-refractivity contribution in [2.45, 2.75) is 0 Å². The van der Waals surface area contributed by atoms with E-state index < -0.39 is 0 Å². The molecular weight excluding hydrogens is 160 g/mol. The number of hydrogen-bond acceptors (Lipinski definition) is 3. The van der Waals surface area contributed by atoms with Gasteiger partial charge >= 0.3 is 0 Å². The van der Waals surface area contributed by atoms with Crippen LogP contribution >= 0.6 is 13.5 Å². The fourth-order valence-electron chi connectivity index (χ4n) is 0.559. The van der Waals surface area contributed by atoms with E-state index in [2.05, 4.69) is 0 Å². The lowest BCUT2D eigenvalue weighted by atomic mass is 10.3. The Kier molecular flexibility index (Phi) is 7.91. The third-order valence-corrected chi connectivity index (χ3v) is 0.911. The van der Waals surface area contributed by atoms with Gasteiger partial charge in [-0.1, -0.05) is 6.07 Å². The van der Waals surface area contributed by atoms with Crippen LogP contribution in [-0.2, 0) is 4.79 Å². The SMILES string of the molecule is C=O.Nc1cccc(N)c1.S. The lowest BCUT2D eigenvalue weighted by molar-refractivity contribution is -0.0979. The standard InChI is InChI=1S/C6H8N2.CH2O.H2S/c7-5-2-1-3-6(8)4-5;1-2;/h1-4H,7-8H2;1H2;1H2. The first kappa shape index (κ1) is 12.5. The number of carbonyl (C=O) groups is 1. The summed E-state index contributed by atoms with van der Waals surface area (Å²) < 4.78 is 0. The van der Waals surface area contributed by atoms with Crippen LogP contribution in [0.15, 0.2) is 24.3 Å². The maximum atomic E-state index is 8.00. The highest BCUT2D eigenvalue weighted by atomic mass is 32.1. The van der Waals surface area contributed by atoms with Crippen LogP contribution in [0.5, 0.6) is 0 Å². The van der Waals surface area contributed by atoms with Gasteiger partial charge in [-0.05, 0) is 18.2 Å². The average molecular weight is 172 g/mol. The number of benzene rings is 1. The number of anilines is 2. The lowest BCUT2D eigenvalue weighted by Crippen LogP contribution is -1.87. The molecule has 3 nitrogen and oxygen atoms in total. The molecule has 0 aromatic heterocycles. The van der Waals surface area contributed by atoms with Crippen molar-refractivity contribution >= 4 is 31.7 Å². The first-order chi connectivity index (χ1) is 4.79. The third kappa shape index (κ3) is 5.29. The van der Waals surface area contributed by atoms with Crippen molar-refractivity contribution in [2.24, 2.45) is 0 Å². The zero-order valence-corrected chi connectivity index (χ0v) is 7.08. The van der Waals surface area contributed by atoms with Gasteiger partial charge in [0.2, 0.25) is 0 Å². The third-order valence-electron chi connectivity index (χ3n) is 0.911. The van der Waals surface area contributed by atoms with Crippen molar-refractivity contribution in [3.8, 4) is 0 Å². The molecule has 0 spiro atoms. The van der Waals surface area contributed by atoms with Gasteiger partial charge in [-0.25, -0.2) is 0 Å². The Morgan fingerprint density at radius 3 is 1.64 bits per heavy atom. The van der Waals surface area contributed by atoms with Gasteiger partial charge in [0.1, 0.15) is 6.79 Å². The van der Waals surface area contributed by atoms with Crippen LogP contribution in [0, 0.1) is 0 Å². The van der Waals surface area contributed by atoms with Crippen molar-refractivity contribution < 1.29 is 4.79 Å². The first-order valence-electron chi connectivity index (χ1n) is 2.69. The minimum absolute atomic E-state index is 0. The molecule has 11 heavy (non-hydrogen) atoms. The van der Waals surface area contributed by atoms with E-state index in [1.54, 1.807) is 18.2 Å². The van der Waals surface area contributed by atoms with Crippen molar-refractivity contribution in [3.63, 3.8) is 0 Å². The van der Waals surface area contributed by atoms with Crippen molar-refractivity contribution in [3.05, 3.63) is 24.3 Å². The molecule has 0 heterocycles. The van der Waals surface area contributed by atoms with Gasteiger partial charge in [0.15, 0.2) is 0 Å². The molecule has 0 unspecified atom stereocenters. The van der Waals surface area contributed by atoms with Crippen LogP contribution in [0.2, 0.25) is 0 Å². The Labute approximate surface area is 72.8 Å². The van der Waals surface area contributed by atoms with Crippen LogP contribution in [0.25, 0.3) is 0 Å². The van der Waals surface area contributed by atoms with E-state index in [4.69, 9.17) is 16.3 Å². The highest BCUT2D eigenvalue weighted by Crippen LogP contribution is 2.06. The summed E-state index contributed by atoms with van der Waals surface area (Å²) in [5, 5.41) is 0. The van der Waals surface area contributed by atoms with Crippen molar-refractivity contribution in [1.29, 1.82) is 0 Å². The molecule has 0 saturated heterocycles. The second kappa shape index (κ2) is 6.95. The molecule has 0 aliphatic heterocycles. The van der Waals surface area contributed by atoms with E-state index in [1.165, 1.54) is 0 Å². The molecule has 0 amide bonds. The molecule has 0 saturated carbocycles. The minimum Gasteiger partial charge on any atom is -0.399 e. The summed E-state index contributed by atoms with van der Waals surface area (Å²) in [7, 11) is 0. The van der Waals surface area contributed by atoms with E-state index in [0.29, 0.717) is 11.4 Å². The number of hydrogen-bond donors (Lipinski definition) is 2. The Balaban J connectivity index is 0. The van der Waals surface area contributed by atoms with Gasteiger partial charge in [0.05, 0.1) is 0 Å². The van der Waals surface area contributed by atoms with Gasteiger partial charge < -0.3 is 16.3 Å². The molecule has 0 bridgehead atoms. The number of nitrogens with two attached hydrogens (primary N) is 2. The number of carbonyl (C=O) groups excluding carboxylic acids is 1. The summed E-state index contributed by atoms with van der Waals surface area (Å²) in [6.45, 7) is 2.00. The summed E-state index contributed by atoms with van der Waals surface area (Å²) in [4.78, 5) is 8.00. The molecule has 0 aliphatic carbocycles. The fourth-order valence-corrected chi connectivity index (χ4v) is 0.559. The molecule has 62 valence electrons. The summed E-state index contributed by atoms with van der Waals surface area (Å²) >= 11 is 0. The molecule has 1 rings (SSSR count). The first-order valence-corrected chi connectivity index (χ1v) is 2.69. The summed E-state index contributed by atoms with van der Waals surface area (Å²) in [5.41, 5.74) is 12.2. The van der Waals surface area contributed by atoms with E-state index in [0.717, 1.165) is 0 Å². The predicted molar refractivity (Wildman–Crippen MR) is 52.8 cm³/mol. The van der Waals surface area contributed by atoms with Crippen molar-refractivity contribution in [1.82, 2.24) is 0 Å². The molecule has 1 aromatic rings. The Morgan fingerprint density at radius 2 is 1.45 bits per heavy atom. The molecular formula is C7H12N2OS. The molecule has 0 fully saturated rings. The van der Waals surface area contributed by atoms with Crippen molar-refractivity contribution in [2.75, 3.05) is 11.5 Å². The monoisotopic (exact) mass is 172 g/mol. The minimum atomic E-state index is 0. The van der Waals surface area contributed by atoms with E-state index >= 15 is 0 Å². The topological polar surface area (TPSA) is 69.1 Å². The quantitative estimate of drug-likeness (QED) is 0.568. The van der Waals surface area contributed by atoms with Crippen LogP contribution in [0.1, 0.15) is 0 Å². The molecule has 4 N–H and O–H groups in total. The fraction of sp³-hybridized carbons (Fsp3) is 0. The van der Waals surface area contributed by atoms with Crippen LogP contribution < -0.4 is 11.5 Å². The Hall–Kier alpha value is -1.16. The van der Waals surface area contributed by atoms with E-state index in [9.17, 15) is 0 Å². The maximum Gasteiger partial charge on any atom is 0.106 e. The van der Waals surface area contributed by atoms with Gasteiger partial charge in [-0.2, -0.15) is 13.5 Å². The lowest BCUT2D eigenvalue weighted by Gasteiger charge is -1.91. The number of nitrogen functional groups attached to an aromatic ring is 2. The smallest absolute Gasteiger partial charge is 0.106 e. The molecule has 1 aromatic carbocycles. The maximum absolute atomic E-state index is 8.00. The highest BCUT2D eigenvalue weighted by molar-refractivity contribution is 7.59. The summed E-state index contributed by atoms with van der Waals surface area (Å²) in [6.07, 6.45) is 0. The Morgan fingerprint density at radius 1 is 1.09 bits per heavy atom. The second-order valence-corrected chi connectivity index (χ2v) is 1.67. The summed E-state index contributed by atoms with van der Waals surface area (Å²) in [6, 6.07) is 7.15. The normalized spacial score (nSPS) is 6.91. The average Bonchev–Trinajstić information content (AvgIpc) is 1.91. The van der Waals surface area contributed by atoms with Crippen LogP contribution in [0.3, 0.4) is 0 Å². The van der Waals surface area contributed by atoms with Gasteiger partial charge in [-0.15, -0.1) is 0 Å². The largest absolute Gasteiger partial charge is 0.399 e. The van der Waals surface area contributed by atoms with Crippen LogP contribution in [-0.4, -0.2) is 6.79 Å². The second-order valence-electron chi connectivity index (χ2n) is 1.67. The predicted octanol–water partition coefficient (Wildman–Crippen LogP) is 0.779. The number of rotatable bonds is 0. The van der Waals surface area contributed by atoms with Gasteiger partial charge in [0.25, 0.3) is 0 Å². The molecule has 0 atom stereocenters. The highest BCUT2D eigenvalue weighted by Gasteiger charge is 1.81. The zero-order chi connectivity index (χ0) is 7.98. The molecule has 0 aliphatic rings. The molecule has 0 radical (unpaired) electrons. The Bertz CT molecular complexity index is 188. The summed E-state index contributed by atoms with van der Waals surface area (Å²) in [5.74, 6) is 0. The van der Waals surface area contributed by atoms with Gasteiger partial charge in [-0.3, -0.25) is 0 Å². The zero-order valence-electron chi connectivity index (χ0n) is 6.08. The molecule has 4 heteroatoms.